The molecule has 0 aliphatic rings. The van der Waals surface area contributed by atoms with Gasteiger partial charge in [-0.2, -0.15) is 0 Å². The number of anilines is 2. The first kappa shape index (κ1) is 19.8. The zero-order chi connectivity index (χ0) is 19.2. The van der Waals surface area contributed by atoms with Crippen molar-refractivity contribution in [2.24, 2.45) is 0 Å². The molecule has 7 nitrogen and oxygen atoms in total. The first-order valence-electron chi connectivity index (χ1n) is 7.74. The number of hydrogen-bond donors (Lipinski definition) is 3. The molecule has 0 saturated carbocycles. The van der Waals surface area contributed by atoms with Crippen LogP contribution in [0.5, 0.6) is 0 Å². The van der Waals surface area contributed by atoms with Gasteiger partial charge in [-0.3, -0.25) is 0 Å². The number of benzene rings is 2. The van der Waals surface area contributed by atoms with Gasteiger partial charge < -0.3 is 15.4 Å². The predicted octanol–water partition coefficient (Wildman–Crippen LogP) is 2.58. The molecule has 0 heterocycles. The van der Waals surface area contributed by atoms with Gasteiger partial charge in [0.15, 0.2) is 5.11 Å². The molecule has 0 bridgehead atoms. The monoisotopic (exact) mass is 393 g/mol. The van der Waals surface area contributed by atoms with Crippen LogP contribution in [-0.4, -0.2) is 33.2 Å². The average molecular weight is 393 g/mol. The first-order valence-corrected chi connectivity index (χ1v) is 9.63. The Bertz CT molecular complexity index is 879. The highest BCUT2D eigenvalue weighted by Gasteiger charge is 2.11. The standard InChI is InChI=1S/C17H19N3O4S2/c1-3-24-16(21)12-4-6-13(7-5-12)19-17(25)20-14-8-10-15(11-9-14)26(22,23)18-2/h4-11,18H,3H2,1-2H3,(H2,19,20,25). The molecule has 2 rings (SSSR count). The van der Waals surface area contributed by atoms with E-state index >= 15 is 0 Å². The maximum absolute atomic E-state index is 11.7. The molecule has 2 aromatic rings. The van der Waals surface area contributed by atoms with Crippen molar-refractivity contribution in [3.8, 4) is 0 Å². The van der Waals surface area contributed by atoms with Crippen LogP contribution >= 0.6 is 12.2 Å². The van der Waals surface area contributed by atoms with E-state index < -0.39 is 10.0 Å². The summed E-state index contributed by atoms with van der Waals surface area (Å²) in [4.78, 5) is 11.8. The van der Waals surface area contributed by atoms with Gasteiger partial charge in [-0.1, -0.05) is 0 Å². The summed E-state index contributed by atoms with van der Waals surface area (Å²) in [5.74, 6) is -0.378. The molecule has 2 aromatic carbocycles. The van der Waals surface area contributed by atoms with Crippen molar-refractivity contribution in [1.29, 1.82) is 0 Å². The molecule has 26 heavy (non-hydrogen) atoms. The molecule has 0 saturated heterocycles. The minimum absolute atomic E-state index is 0.166. The third-order valence-corrected chi connectivity index (χ3v) is 4.98. The predicted molar refractivity (Wildman–Crippen MR) is 105 cm³/mol. The maximum atomic E-state index is 11.7. The summed E-state index contributed by atoms with van der Waals surface area (Å²) in [5.41, 5.74) is 1.79. The van der Waals surface area contributed by atoms with Crippen LogP contribution in [0.15, 0.2) is 53.4 Å². The molecule has 0 aromatic heterocycles. The Morgan fingerprint density at radius 1 is 1.00 bits per heavy atom. The Balaban J connectivity index is 1.97. The van der Waals surface area contributed by atoms with Gasteiger partial charge in [0.05, 0.1) is 17.1 Å². The number of carbonyl (C=O) groups is 1. The first-order chi connectivity index (χ1) is 12.4. The van der Waals surface area contributed by atoms with Crippen LogP contribution in [0.3, 0.4) is 0 Å². The lowest BCUT2D eigenvalue weighted by atomic mass is 10.2. The van der Waals surface area contributed by atoms with Gasteiger partial charge in [0, 0.05) is 11.4 Å². The van der Waals surface area contributed by atoms with Crippen LogP contribution in [0.2, 0.25) is 0 Å². The fourth-order valence-electron chi connectivity index (χ4n) is 2.03. The van der Waals surface area contributed by atoms with Crippen LogP contribution in [0.1, 0.15) is 17.3 Å². The normalized spacial score (nSPS) is 10.8. The number of sulfonamides is 1. The van der Waals surface area contributed by atoms with Gasteiger partial charge >= 0.3 is 5.97 Å². The van der Waals surface area contributed by atoms with E-state index in [1.807, 2.05) is 0 Å². The lowest BCUT2D eigenvalue weighted by molar-refractivity contribution is 0.0526. The van der Waals surface area contributed by atoms with Crippen molar-refractivity contribution in [2.45, 2.75) is 11.8 Å². The van der Waals surface area contributed by atoms with Gasteiger partial charge in [0.25, 0.3) is 0 Å². The molecule has 0 unspecified atom stereocenters. The Morgan fingerprint density at radius 3 is 1.96 bits per heavy atom. The maximum Gasteiger partial charge on any atom is 0.338 e. The fraction of sp³-hybridized carbons (Fsp3) is 0.176. The van der Waals surface area contributed by atoms with Crippen molar-refractivity contribution in [1.82, 2.24) is 4.72 Å². The largest absolute Gasteiger partial charge is 0.462 e. The van der Waals surface area contributed by atoms with E-state index in [0.717, 1.165) is 0 Å². The minimum atomic E-state index is -3.47. The number of ether oxygens (including phenoxy) is 1. The molecule has 0 aliphatic heterocycles. The van der Waals surface area contributed by atoms with Gasteiger partial charge in [0.1, 0.15) is 0 Å². The van der Waals surface area contributed by atoms with Crippen LogP contribution < -0.4 is 15.4 Å². The third-order valence-electron chi connectivity index (χ3n) is 3.35. The lowest BCUT2D eigenvalue weighted by Crippen LogP contribution is -2.20. The van der Waals surface area contributed by atoms with Crippen molar-refractivity contribution in [3.05, 3.63) is 54.1 Å². The Morgan fingerprint density at radius 2 is 1.50 bits per heavy atom. The van der Waals surface area contributed by atoms with Gasteiger partial charge in [-0.05, 0) is 74.7 Å². The number of thiocarbonyl (C=S) groups is 1. The van der Waals surface area contributed by atoms with E-state index in [1.54, 1.807) is 43.3 Å². The van der Waals surface area contributed by atoms with E-state index in [2.05, 4.69) is 15.4 Å². The highest BCUT2D eigenvalue weighted by molar-refractivity contribution is 7.89. The third kappa shape index (κ3) is 5.25. The number of rotatable bonds is 6. The summed E-state index contributed by atoms with van der Waals surface area (Å²) >= 11 is 5.23. The number of nitrogens with one attached hydrogen (secondary N) is 3. The smallest absolute Gasteiger partial charge is 0.338 e. The molecule has 9 heteroatoms. The Labute approximate surface area is 157 Å². The number of carbonyl (C=O) groups excluding carboxylic acids is 1. The lowest BCUT2D eigenvalue weighted by Gasteiger charge is -2.11. The fourth-order valence-corrected chi connectivity index (χ4v) is 3.00. The Kier molecular flexibility index (Phi) is 6.67. The number of hydrogen-bond acceptors (Lipinski definition) is 5. The highest BCUT2D eigenvalue weighted by atomic mass is 32.2. The van der Waals surface area contributed by atoms with E-state index in [-0.39, 0.29) is 10.9 Å². The van der Waals surface area contributed by atoms with Crippen LogP contribution in [0.4, 0.5) is 11.4 Å². The zero-order valence-corrected chi connectivity index (χ0v) is 15.9. The molecule has 0 fully saturated rings. The van der Waals surface area contributed by atoms with E-state index in [4.69, 9.17) is 17.0 Å². The molecule has 0 radical (unpaired) electrons. The molecular weight excluding hydrogens is 374 g/mol. The summed E-state index contributed by atoms with van der Waals surface area (Å²) < 4.78 is 30.6. The summed E-state index contributed by atoms with van der Waals surface area (Å²) in [6, 6.07) is 12.9. The van der Waals surface area contributed by atoms with Crippen LogP contribution in [-0.2, 0) is 14.8 Å². The summed E-state index contributed by atoms with van der Waals surface area (Å²) in [6.07, 6.45) is 0. The molecular formula is C17H19N3O4S2. The van der Waals surface area contributed by atoms with Crippen LogP contribution in [0, 0.1) is 0 Å². The molecule has 0 aliphatic carbocycles. The van der Waals surface area contributed by atoms with Crippen LogP contribution in [0.25, 0.3) is 0 Å². The molecule has 138 valence electrons. The molecule has 0 atom stereocenters. The quantitative estimate of drug-likeness (QED) is 0.513. The molecule has 3 N–H and O–H groups in total. The summed E-state index contributed by atoms with van der Waals surface area (Å²) in [5, 5.41) is 6.27. The van der Waals surface area contributed by atoms with Crippen molar-refractivity contribution in [2.75, 3.05) is 24.3 Å². The average Bonchev–Trinajstić information content (AvgIpc) is 2.63. The van der Waals surface area contributed by atoms with E-state index in [0.29, 0.717) is 28.7 Å². The topological polar surface area (TPSA) is 96.5 Å². The van der Waals surface area contributed by atoms with Gasteiger partial charge in [-0.25, -0.2) is 17.9 Å². The molecule has 0 spiro atoms. The number of esters is 1. The Hall–Kier alpha value is -2.49. The second-order valence-electron chi connectivity index (χ2n) is 5.11. The SMILES string of the molecule is CCOC(=O)c1ccc(NC(=S)Nc2ccc(S(=O)(=O)NC)cc2)cc1. The summed E-state index contributed by atoms with van der Waals surface area (Å²) in [6.45, 7) is 2.07. The van der Waals surface area contributed by atoms with Gasteiger partial charge in [-0.15, -0.1) is 0 Å². The second kappa shape index (κ2) is 8.75. The minimum Gasteiger partial charge on any atom is -0.462 e. The van der Waals surface area contributed by atoms with Gasteiger partial charge in [0.2, 0.25) is 10.0 Å². The van der Waals surface area contributed by atoms with Crippen molar-refractivity contribution < 1.29 is 17.9 Å². The van der Waals surface area contributed by atoms with E-state index in [9.17, 15) is 13.2 Å². The van der Waals surface area contributed by atoms with Crippen molar-refractivity contribution in [3.63, 3.8) is 0 Å². The highest BCUT2D eigenvalue weighted by Crippen LogP contribution is 2.15. The molecule has 0 amide bonds. The summed E-state index contributed by atoms with van der Waals surface area (Å²) in [7, 11) is -2.12. The van der Waals surface area contributed by atoms with E-state index in [1.165, 1.54) is 19.2 Å². The second-order valence-corrected chi connectivity index (χ2v) is 7.40. The van der Waals surface area contributed by atoms with Crippen molar-refractivity contribution >= 4 is 44.7 Å². The zero-order valence-electron chi connectivity index (χ0n) is 14.3.